The molecule has 0 saturated heterocycles. The Labute approximate surface area is 105 Å². The molecule has 102 valence electrons. The van der Waals surface area contributed by atoms with Crippen molar-refractivity contribution in [3.05, 3.63) is 45.5 Å². The van der Waals surface area contributed by atoms with E-state index in [2.05, 4.69) is 0 Å². The van der Waals surface area contributed by atoms with E-state index in [0.29, 0.717) is 6.07 Å². The average molecular weight is 275 g/mol. The van der Waals surface area contributed by atoms with E-state index in [4.69, 9.17) is 5.11 Å². The number of hydrogen-bond donors (Lipinski definition) is 1. The number of nitro benzene ring substituents is 1. The second kappa shape index (κ2) is 5.51. The number of carboxylic acids is 1. The number of benzene rings is 1. The molecule has 8 heteroatoms. The number of halogens is 3. The standard InChI is InChI=1S/C11H8F3NO4/c12-11(13,14)8-5-4-7(2-1-3-10(16)17)6-9(8)15(18)19/h1-2,4-6H,3H2,(H,16,17). The van der Waals surface area contributed by atoms with Crippen molar-refractivity contribution >= 4 is 17.7 Å². The fraction of sp³-hybridized carbons (Fsp3) is 0.182. The highest BCUT2D eigenvalue weighted by molar-refractivity contribution is 5.70. The molecule has 0 atom stereocenters. The van der Waals surface area contributed by atoms with E-state index in [1.807, 2.05) is 0 Å². The van der Waals surface area contributed by atoms with Crippen molar-refractivity contribution in [2.45, 2.75) is 12.6 Å². The highest BCUT2D eigenvalue weighted by Crippen LogP contribution is 2.36. The lowest BCUT2D eigenvalue weighted by Gasteiger charge is -2.07. The lowest BCUT2D eigenvalue weighted by atomic mass is 10.1. The highest BCUT2D eigenvalue weighted by atomic mass is 19.4. The molecule has 1 aromatic carbocycles. The van der Waals surface area contributed by atoms with Crippen LogP contribution in [0, 0.1) is 10.1 Å². The van der Waals surface area contributed by atoms with Gasteiger partial charge in [0.25, 0.3) is 5.69 Å². The Balaban J connectivity index is 3.14. The van der Waals surface area contributed by atoms with E-state index >= 15 is 0 Å². The zero-order valence-corrected chi connectivity index (χ0v) is 9.35. The van der Waals surface area contributed by atoms with Crippen LogP contribution in [0.4, 0.5) is 18.9 Å². The zero-order valence-electron chi connectivity index (χ0n) is 9.35. The van der Waals surface area contributed by atoms with E-state index in [1.54, 1.807) is 0 Å². The first-order valence-electron chi connectivity index (χ1n) is 4.96. The minimum absolute atomic E-state index is 0.126. The first-order valence-corrected chi connectivity index (χ1v) is 4.96. The van der Waals surface area contributed by atoms with Gasteiger partial charge < -0.3 is 5.11 Å². The van der Waals surface area contributed by atoms with Crippen LogP contribution in [0.1, 0.15) is 17.5 Å². The summed E-state index contributed by atoms with van der Waals surface area (Å²) in [4.78, 5) is 19.7. The van der Waals surface area contributed by atoms with Gasteiger partial charge in [-0.25, -0.2) is 0 Å². The van der Waals surface area contributed by atoms with Gasteiger partial charge in [0, 0.05) is 6.07 Å². The Morgan fingerprint density at radius 2 is 2.05 bits per heavy atom. The predicted molar refractivity (Wildman–Crippen MR) is 59.4 cm³/mol. The molecule has 0 aromatic heterocycles. The van der Waals surface area contributed by atoms with Gasteiger partial charge in [-0.1, -0.05) is 18.2 Å². The van der Waals surface area contributed by atoms with Crippen molar-refractivity contribution < 1.29 is 28.0 Å². The smallest absolute Gasteiger partial charge is 0.422 e. The summed E-state index contributed by atoms with van der Waals surface area (Å²) >= 11 is 0. The van der Waals surface area contributed by atoms with Gasteiger partial charge >= 0.3 is 12.1 Å². The largest absolute Gasteiger partial charge is 0.481 e. The van der Waals surface area contributed by atoms with Gasteiger partial charge in [0.2, 0.25) is 0 Å². The summed E-state index contributed by atoms with van der Waals surface area (Å²) in [5, 5.41) is 19.0. The van der Waals surface area contributed by atoms with Gasteiger partial charge in [0.05, 0.1) is 11.3 Å². The van der Waals surface area contributed by atoms with E-state index < -0.39 is 28.3 Å². The number of alkyl halides is 3. The van der Waals surface area contributed by atoms with Crippen molar-refractivity contribution in [1.29, 1.82) is 0 Å². The Morgan fingerprint density at radius 1 is 1.42 bits per heavy atom. The first kappa shape index (κ1) is 14.7. The molecule has 0 aliphatic heterocycles. The molecule has 0 bridgehead atoms. The van der Waals surface area contributed by atoms with Crippen LogP contribution in [0.15, 0.2) is 24.3 Å². The van der Waals surface area contributed by atoms with E-state index in [1.165, 1.54) is 12.2 Å². The number of carboxylic acid groups (broad SMARTS) is 1. The molecular weight excluding hydrogens is 267 g/mol. The number of hydrogen-bond acceptors (Lipinski definition) is 3. The van der Waals surface area contributed by atoms with E-state index in [9.17, 15) is 28.1 Å². The molecule has 0 unspecified atom stereocenters. The molecule has 5 nitrogen and oxygen atoms in total. The maximum atomic E-state index is 12.5. The van der Waals surface area contributed by atoms with Crippen LogP contribution < -0.4 is 0 Å². The monoisotopic (exact) mass is 275 g/mol. The maximum absolute atomic E-state index is 12.5. The quantitative estimate of drug-likeness (QED) is 0.676. The SMILES string of the molecule is O=C(O)CC=Cc1ccc(C(F)(F)F)c([N+](=O)[O-])c1. The van der Waals surface area contributed by atoms with Crippen molar-refractivity contribution in [2.24, 2.45) is 0 Å². The van der Waals surface area contributed by atoms with Crippen molar-refractivity contribution in [1.82, 2.24) is 0 Å². The zero-order chi connectivity index (χ0) is 14.6. The lowest BCUT2D eigenvalue weighted by molar-refractivity contribution is -0.388. The van der Waals surface area contributed by atoms with Gasteiger partial charge in [-0.15, -0.1) is 0 Å². The Morgan fingerprint density at radius 3 is 2.53 bits per heavy atom. The summed E-state index contributed by atoms with van der Waals surface area (Å²) in [6.07, 6.45) is -2.74. The number of nitro groups is 1. The van der Waals surface area contributed by atoms with Gasteiger partial charge in [-0.3, -0.25) is 14.9 Å². The first-order chi connectivity index (χ1) is 8.71. The number of rotatable bonds is 4. The van der Waals surface area contributed by atoms with Crippen molar-refractivity contribution in [3.8, 4) is 0 Å². The van der Waals surface area contributed by atoms with Crippen LogP contribution in [-0.4, -0.2) is 16.0 Å². The minimum atomic E-state index is -4.81. The summed E-state index contributed by atoms with van der Waals surface area (Å²) in [6.45, 7) is 0. The van der Waals surface area contributed by atoms with Gasteiger partial charge in [-0.2, -0.15) is 13.2 Å². The molecule has 0 spiro atoms. The summed E-state index contributed by atoms with van der Waals surface area (Å²) in [7, 11) is 0. The molecule has 0 radical (unpaired) electrons. The predicted octanol–water partition coefficient (Wildman–Crippen LogP) is 3.10. The summed E-state index contributed by atoms with van der Waals surface area (Å²) in [5.41, 5.74) is -2.28. The van der Waals surface area contributed by atoms with Crippen LogP contribution >= 0.6 is 0 Å². The molecule has 0 amide bonds. The number of carbonyl (C=O) groups is 1. The molecule has 1 rings (SSSR count). The third kappa shape index (κ3) is 4.09. The fourth-order valence-corrected chi connectivity index (χ4v) is 1.34. The third-order valence-corrected chi connectivity index (χ3v) is 2.13. The summed E-state index contributed by atoms with van der Waals surface area (Å²) in [5.74, 6) is -1.11. The van der Waals surface area contributed by atoms with Crippen molar-refractivity contribution in [3.63, 3.8) is 0 Å². The average Bonchev–Trinajstić information content (AvgIpc) is 2.26. The number of aliphatic carboxylic acids is 1. The second-order valence-electron chi connectivity index (χ2n) is 3.53. The molecule has 0 heterocycles. The summed E-state index contributed by atoms with van der Waals surface area (Å²) in [6, 6.07) is 2.38. The van der Waals surface area contributed by atoms with E-state index in [0.717, 1.165) is 12.1 Å². The molecule has 0 aliphatic rings. The van der Waals surface area contributed by atoms with Gasteiger partial charge in [-0.05, 0) is 11.6 Å². The molecule has 0 aliphatic carbocycles. The van der Waals surface area contributed by atoms with Gasteiger partial charge in [0.15, 0.2) is 0 Å². The fourth-order valence-electron chi connectivity index (χ4n) is 1.34. The normalized spacial score (nSPS) is 11.7. The van der Waals surface area contributed by atoms with Crippen LogP contribution in [0.25, 0.3) is 6.08 Å². The molecule has 0 saturated carbocycles. The maximum Gasteiger partial charge on any atom is 0.422 e. The van der Waals surface area contributed by atoms with Crippen LogP contribution in [0.2, 0.25) is 0 Å². The molecule has 19 heavy (non-hydrogen) atoms. The Bertz CT molecular complexity index is 537. The van der Waals surface area contributed by atoms with Crippen LogP contribution in [-0.2, 0) is 11.0 Å². The molecular formula is C11H8F3NO4. The topological polar surface area (TPSA) is 80.4 Å². The molecule has 0 fully saturated rings. The third-order valence-electron chi connectivity index (χ3n) is 2.13. The van der Waals surface area contributed by atoms with Gasteiger partial charge in [0.1, 0.15) is 5.56 Å². The van der Waals surface area contributed by atoms with Crippen LogP contribution in [0.5, 0.6) is 0 Å². The molecule has 1 N–H and O–H groups in total. The molecule has 1 aromatic rings. The number of nitrogens with zero attached hydrogens (tertiary/aromatic N) is 1. The van der Waals surface area contributed by atoms with E-state index in [-0.39, 0.29) is 12.0 Å². The Hall–Kier alpha value is -2.38. The summed E-state index contributed by atoms with van der Waals surface area (Å²) < 4.78 is 37.5. The van der Waals surface area contributed by atoms with Crippen molar-refractivity contribution in [2.75, 3.05) is 0 Å². The van der Waals surface area contributed by atoms with Crippen LogP contribution in [0.3, 0.4) is 0 Å². The Kier molecular flexibility index (Phi) is 4.26. The lowest BCUT2D eigenvalue weighted by Crippen LogP contribution is -2.08. The second-order valence-corrected chi connectivity index (χ2v) is 3.53. The highest BCUT2D eigenvalue weighted by Gasteiger charge is 2.38. The minimum Gasteiger partial charge on any atom is -0.481 e.